The van der Waals surface area contributed by atoms with Gasteiger partial charge in [0.15, 0.2) is 0 Å². The Morgan fingerprint density at radius 3 is 2.67 bits per heavy atom. The number of ether oxygens (including phenoxy) is 1. The molecule has 1 aliphatic heterocycles. The van der Waals surface area contributed by atoms with Crippen molar-refractivity contribution in [2.75, 3.05) is 7.05 Å². The molecule has 3 unspecified atom stereocenters. The molecule has 6 heteroatoms. The van der Waals surface area contributed by atoms with Gasteiger partial charge in [0.05, 0.1) is 11.8 Å². The van der Waals surface area contributed by atoms with Crippen molar-refractivity contribution in [1.82, 2.24) is 4.90 Å². The van der Waals surface area contributed by atoms with Gasteiger partial charge in [0.25, 0.3) is 12.1 Å². The zero-order chi connectivity index (χ0) is 17.3. The molecule has 24 heavy (non-hydrogen) atoms. The van der Waals surface area contributed by atoms with Crippen LogP contribution < -0.4 is 0 Å². The molecule has 0 saturated heterocycles. The maximum atomic E-state index is 12.6. The molecule has 1 amide bonds. The Labute approximate surface area is 145 Å². The smallest absolute Gasteiger partial charge is 0.305 e. The van der Waals surface area contributed by atoms with Gasteiger partial charge >= 0.3 is 5.97 Å². The van der Waals surface area contributed by atoms with Crippen molar-refractivity contribution in [1.29, 1.82) is 0 Å². The number of fused-ring (bicyclic) bond motifs is 1. The summed E-state index contributed by atoms with van der Waals surface area (Å²) in [5, 5.41) is 0.590. The van der Waals surface area contributed by atoms with Gasteiger partial charge in [-0.1, -0.05) is 54.1 Å². The maximum Gasteiger partial charge on any atom is 0.305 e. The number of hydrogen-bond acceptors (Lipinski definition) is 4. The van der Waals surface area contributed by atoms with Crippen molar-refractivity contribution in [3.63, 3.8) is 0 Å². The van der Waals surface area contributed by atoms with Gasteiger partial charge in [-0.25, -0.2) is 4.99 Å². The second kappa shape index (κ2) is 6.61. The maximum absolute atomic E-state index is 12.6. The number of rotatable bonds is 2. The summed E-state index contributed by atoms with van der Waals surface area (Å²) in [6.07, 6.45) is 4.33. The lowest BCUT2D eigenvalue weighted by Crippen LogP contribution is -2.45. The highest BCUT2D eigenvalue weighted by molar-refractivity contribution is 6.31. The van der Waals surface area contributed by atoms with E-state index in [2.05, 4.69) is 4.99 Å². The van der Waals surface area contributed by atoms with Crippen molar-refractivity contribution >= 4 is 29.2 Å². The van der Waals surface area contributed by atoms with Gasteiger partial charge in [0.1, 0.15) is 0 Å². The number of amides is 1. The molecule has 1 heterocycles. The molecule has 1 aromatic rings. The van der Waals surface area contributed by atoms with E-state index in [1.165, 1.54) is 6.92 Å². The number of hydrogen-bond donors (Lipinski definition) is 0. The third kappa shape index (κ3) is 3.12. The van der Waals surface area contributed by atoms with Crippen LogP contribution in [0, 0.1) is 5.92 Å². The highest BCUT2D eigenvalue weighted by Gasteiger charge is 2.39. The second-order valence-electron chi connectivity index (χ2n) is 5.72. The molecule has 124 valence electrons. The third-order valence-electron chi connectivity index (χ3n) is 4.08. The molecule has 0 spiro atoms. The van der Waals surface area contributed by atoms with Gasteiger partial charge in [-0.2, -0.15) is 0 Å². The number of benzene rings is 1. The summed E-state index contributed by atoms with van der Waals surface area (Å²) in [4.78, 5) is 30.1. The van der Waals surface area contributed by atoms with Gasteiger partial charge < -0.3 is 9.64 Å². The zero-order valence-electron chi connectivity index (χ0n) is 13.3. The fraction of sp³-hybridized carbons (Fsp3) is 0.278. The Kier molecular flexibility index (Phi) is 4.53. The second-order valence-corrected chi connectivity index (χ2v) is 6.15. The predicted octanol–water partition coefficient (Wildman–Crippen LogP) is 2.51. The van der Waals surface area contributed by atoms with Crippen molar-refractivity contribution in [3.05, 3.63) is 59.2 Å². The number of esters is 1. The molecule has 1 aliphatic carbocycles. The van der Waals surface area contributed by atoms with E-state index in [0.717, 1.165) is 5.56 Å². The molecule has 3 rings (SSSR count). The summed E-state index contributed by atoms with van der Waals surface area (Å²) < 4.78 is 5.14. The van der Waals surface area contributed by atoms with E-state index in [-0.39, 0.29) is 17.9 Å². The van der Waals surface area contributed by atoms with Gasteiger partial charge in [-0.3, -0.25) is 9.59 Å². The van der Waals surface area contributed by atoms with E-state index >= 15 is 0 Å². The van der Waals surface area contributed by atoms with E-state index < -0.39 is 12.2 Å². The average molecular weight is 345 g/mol. The lowest BCUT2D eigenvalue weighted by Gasteiger charge is -2.31. The molecule has 0 bridgehead atoms. The Morgan fingerprint density at radius 1 is 1.29 bits per heavy atom. The molecular weight excluding hydrogens is 328 g/mol. The first-order valence-electron chi connectivity index (χ1n) is 7.60. The first-order chi connectivity index (χ1) is 11.5. The third-order valence-corrected chi connectivity index (χ3v) is 4.34. The lowest BCUT2D eigenvalue weighted by molar-refractivity contribution is -0.157. The highest BCUT2D eigenvalue weighted by atomic mass is 35.5. The Bertz CT molecular complexity index is 755. The standard InChI is InChI=1S/C18H17ClN2O3/c1-11(22)24-17-18(23)21(2)15-9-8-13(19)10-14(15)16(20-17)12-6-4-3-5-7-12/h3-10,14-15,17H,1-2H3. The van der Waals surface area contributed by atoms with E-state index in [9.17, 15) is 9.59 Å². The Hall–Kier alpha value is -2.40. The molecule has 0 radical (unpaired) electrons. The molecule has 0 aromatic heterocycles. The topological polar surface area (TPSA) is 59.0 Å². The van der Waals surface area contributed by atoms with Crippen LogP contribution in [0.4, 0.5) is 0 Å². The number of nitrogens with zero attached hydrogens (tertiary/aromatic N) is 2. The van der Waals surface area contributed by atoms with Crippen molar-refractivity contribution < 1.29 is 14.3 Å². The first kappa shape index (κ1) is 16.5. The number of aliphatic imine (C=N–C) groups is 1. The van der Waals surface area contributed by atoms with Crippen LogP contribution in [0.2, 0.25) is 0 Å². The average Bonchev–Trinajstić information content (AvgIpc) is 2.66. The fourth-order valence-corrected chi connectivity index (χ4v) is 3.15. The van der Waals surface area contributed by atoms with Crippen LogP contribution in [-0.4, -0.2) is 41.8 Å². The molecule has 0 saturated carbocycles. The SMILES string of the molecule is CC(=O)OC1N=C(c2ccccc2)C2C=C(Cl)C=CC2N(C)C1=O. The van der Waals surface area contributed by atoms with Gasteiger partial charge in [-0.15, -0.1) is 0 Å². The van der Waals surface area contributed by atoms with E-state index in [1.807, 2.05) is 42.5 Å². The number of carbonyl (C=O) groups excluding carboxylic acids is 2. The summed E-state index contributed by atoms with van der Waals surface area (Å²) in [6.45, 7) is 1.26. The molecule has 0 fully saturated rings. The molecule has 3 atom stereocenters. The molecular formula is C18H17ClN2O3. The number of carbonyl (C=O) groups is 2. The zero-order valence-corrected chi connectivity index (χ0v) is 14.1. The van der Waals surface area contributed by atoms with Crippen LogP contribution in [0.1, 0.15) is 12.5 Å². The van der Waals surface area contributed by atoms with Crippen LogP contribution in [0.25, 0.3) is 0 Å². The molecule has 0 N–H and O–H groups in total. The molecule has 1 aromatic carbocycles. The Morgan fingerprint density at radius 2 is 2.00 bits per heavy atom. The predicted molar refractivity (Wildman–Crippen MR) is 91.7 cm³/mol. The largest absolute Gasteiger partial charge is 0.430 e. The van der Waals surface area contributed by atoms with Crippen molar-refractivity contribution in [2.45, 2.75) is 19.2 Å². The van der Waals surface area contributed by atoms with Crippen LogP contribution in [0.5, 0.6) is 0 Å². The van der Waals surface area contributed by atoms with Gasteiger partial charge in [-0.05, 0) is 11.6 Å². The Balaban J connectivity index is 2.13. The number of halogens is 1. The summed E-state index contributed by atoms with van der Waals surface area (Å²) in [6, 6.07) is 9.29. The first-order valence-corrected chi connectivity index (χ1v) is 7.97. The summed E-state index contributed by atoms with van der Waals surface area (Å²) in [5.74, 6) is -1.12. The van der Waals surface area contributed by atoms with Crippen LogP contribution >= 0.6 is 11.6 Å². The summed E-state index contributed by atoms with van der Waals surface area (Å²) >= 11 is 6.18. The van der Waals surface area contributed by atoms with E-state index in [4.69, 9.17) is 16.3 Å². The minimum atomic E-state index is -1.19. The quantitative estimate of drug-likeness (QED) is 0.774. The molecule has 5 nitrogen and oxygen atoms in total. The van der Waals surface area contributed by atoms with Crippen LogP contribution in [0.3, 0.4) is 0 Å². The number of allylic oxidation sites excluding steroid dienone is 2. The normalized spacial score (nSPS) is 26.2. The molecule has 2 aliphatic rings. The van der Waals surface area contributed by atoms with Crippen molar-refractivity contribution in [3.8, 4) is 0 Å². The lowest BCUT2D eigenvalue weighted by atomic mass is 9.86. The number of likely N-dealkylation sites (N-methyl/N-ethyl adjacent to an activating group) is 1. The van der Waals surface area contributed by atoms with Gasteiger partial charge in [0.2, 0.25) is 0 Å². The van der Waals surface area contributed by atoms with E-state index in [0.29, 0.717) is 10.7 Å². The summed E-state index contributed by atoms with van der Waals surface area (Å²) in [5.41, 5.74) is 1.54. The van der Waals surface area contributed by atoms with E-state index in [1.54, 1.807) is 18.0 Å². The van der Waals surface area contributed by atoms with Crippen molar-refractivity contribution in [2.24, 2.45) is 10.9 Å². The summed E-state index contributed by atoms with van der Waals surface area (Å²) in [7, 11) is 1.68. The minimum Gasteiger partial charge on any atom is -0.430 e. The minimum absolute atomic E-state index is 0.209. The monoisotopic (exact) mass is 344 g/mol. The van der Waals surface area contributed by atoms with Gasteiger partial charge in [0, 0.05) is 24.9 Å². The van der Waals surface area contributed by atoms with Crippen LogP contribution in [0.15, 0.2) is 58.6 Å². The highest BCUT2D eigenvalue weighted by Crippen LogP contribution is 2.30. The fourth-order valence-electron chi connectivity index (χ4n) is 2.95. The van der Waals surface area contributed by atoms with Crippen LogP contribution in [-0.2, 0) is 14.3 Å².